The number of hydrogen-bond donors (Lipinski definition) is 1. The van der Waals surface area contributed by atoms with E-state index in [1.807, 2.05) is 48.0 Å². The van der Waals surface area contributed by atoms with Gasteiger partial charge in [0.1, 0.15) is 23.7 Å². The lowest BCUT2D eigenvalue weighted by Gasteiger charge is -2.08. The van der Waals surface area contributed by atoms with Crippen LogP contribution in [-0.2, 0) is 11.8 Å². The summed E-state index contributed by atoms with van der Waals surface area (Å²) in [7, 11) is 3.59. The molecule has 4 aromatic rings. The van der Waals surface area contributed by atoms with Gasteiger partial charge in [-0.15, -0.1) is 0 Å². The predicted octanol–water partition coefficient (Wildman–Crippen LogP) is 3.19. The molecule has 0 fully saturated rings. The standard InChI is InChI=1S/C20H20N6O2/c1-26-18(14-7-9-21-10-8-14)24-17-13-22-20(25-19(17)26)23-15-3-5-16(6-4-15)28-12-11-27-2/h3-10,13H,11-12H2,1-2H3,(H,22,23,25). The molecule has 0 amide bonds. The SMILES string of the molecule is COCCOc1ccc(Nc2ncc3nc(-c4ccncc4)n(C)c3n2)cc1. The first-order valence-corrected chi connectivity index (χ1v) is 8.83. The van der Waals surface area contributed by atoms with Crippen LogP contribution in [0.1, 0.15) is 0 Å². The molecule has 0 unspecified atom stereocenters. The van der Waals surface area contributed by atoms with Gasteiger partial charge in [0, 0.05) is 37.8 Å². The lowest BCUT2D eigenvalue weighted by Crippen LogP contribution is -2.04. The molecular weight excluding hydrogens is 356 g/mol. The third-order valence-electron chi connectivity index (χ3n) is 4.22. The Morgan fingerprint density at radius 2 is 1.79 bits per heavy atom. The molecule has 8 heteroatoms. The number of hydrogen-bond acceptors (Lipinski definition) is 7. The van der Waals surface area contributed by atoms with E-state index in [1.54, 1.807) is 25.7 Å². The Kier molecular flexibility index (Phi) is 5.11. The Labute approximate surface area is 162 Å². The molecule has 142 valence electrons. The fourth-order valence-corrected chi connectivity index (χ4v) is 2.81. The zero-order valence-corrected chi connectivity index (χ0v) is 15.7. The molecule has 3 heterocycles. The normalized spacial score (nSPS) is 10.9. The Hall–Kier alpha value is -3.52. The van der Waals surface area contributed by atoms with Gasteiger partial charge in [0.25, 0.3) is 0 Å². The van der Waals surface area contributed by atoms with Crippen LogP contribution in [0.3, 0.4) is 0 Å². The summed E-state index contributed by atoms with van der Waals surface area (Å²) in [6, 6.07) is 11.5. The van der Waals surface area contributed by atoms with Gasteiger partial charge in [0.2, 0.25) is 5.95 Å². The topological polar surface area (TPSA) is 87.0 Å². The zero-order chi connectivity index (χ0) is 19.3. The highest BCUT2D eigenvalue weighted by Crippen LogP contribution is 2.23. The molecule has 0 saturated carbocycles. The van der Waals surface area contributed by atoms with Gasteiger partial charge in [0.15, 0.2) is 5.65 Å². The highest BCUT2D eigenvalue weighted by Gasteiger charge is 2.12. The minimum absolute atomic E-state index is 0.504. The maximum Gasteiger partial charge on any atom is 0.229 e. The van der Waals surface area contributed by atoms with Crippen molar-refractivity contribution in [2.24, 2.45) is 7.05 Å². The van der Waals surface area contributed by atoms with Crippen molar-refractivity contribution in [2.45, 2.75) is 0 Å². The summed E-state index contributed by atoms with van der Waals surface area (Å²) in [5.74, 6) is 2.11. The van der Waals surface area contributed by atoms with Gasteiger partial charge >= 0.3 is 0 Å². The van der Waals surface area contributed by atoms with Crippen molar-refractivity contribution in [3.05, 3.63) is 55.0 Å². The third kappa shape index (κ3) is 3.77. The number of methoxy groups -OCH3 is 1. The average molecular weight is 376 g/mol. The number of fused-ring (bicyclic) bond motifs is 1. The van der Waals surface area contributed by atoms with Crippen molar-refractivity contribution in [2.75, 3.05) is 25.6 Å². The van der Waals surface area contributed by atoms with Crippen LogP contribution in [-0.4, -0.2) is 44.8 Å². The molecule has 0 aliphatic rings. The summed E-state index contributed by atoms with van der Waals surface area (Å²) in [5, 5.41) is 3.21. The van der Waals surface area contributed by atoms with Crippen molar-refractivity contribution >= 4 is 22.8 Å². The Bertz CT molecular complexity index is 1060. The van der Waals surface area contributed by atoms with Crippen molar-refractivity contribution in [1.29, 1.82) is 0 Å². The lowest BCUT2D eigenvalue weighted by molar-refractivity contribution is 0.146. The molecule has 3 aromatic heterocycles. The second-order valence-electron chi connectivity index (χ2n) is 6.12. The largest absolute Gasteiger partial charge is 0.491 e. The number of imidazole rings is 1. The Morgan fingerprint density at radius 1 is 1.00 bits per heavy atom. The van der Waals surface area contributed by atoms with Gasteiger partial charge < -0.3 is 19.4 Å². The van der Waals surface area contributed by atoms with E-state index in [0.717, 1.165) is 34.0 Å². The van der Waals surface area contributed by atoms with Gasteiger partial charge in [-0.1, -0.05) is 0 Å². The van der Waals surface area contributed by atoms with Crippen molar-refractivity contribution < 1.29 is 9.47 Å². The first kappa shape index (κ1) is 17.9. The van der Waals surface area contributed by atoms with E-state index in [2.05, 4.69) is 25.3 Å². The number of nitrogens with one attached hydrogen (secondary N) is 1. The molecule has 1 N–H and O–H groups in total. The predicted molar refractivity (Wildman–Crippen MR) is 107 cm³/mol. The Morgan fingerprint density at radius 3 is 2.54 bits per heavy atom. The highest BCUT2D eigenvalue weighted by molar-refractivity contribution is 5.77. The van der Waals surface area contributed by atoms with Crippen LogP contribution >= 0.6 is 0 Å². The number of nitrogens with zero attached hydrogens (tertiary/aromatic N) is 5. The van der Waals surface area contributed by atoms with E-state index < -0.39 is 0 Å². The van der Waals surface area contributed by atoms with Crippen molar-refractivity contribution in [3.63, 3.8) is 0 Å². The van der Waals surface area contributed by atoms with E-state index in [1.165, 1.54) is 0 Å². The second-order valence-corrected chi connectivity index (χ2v) is 6.12. The van der Waals surface area contributed by atoms with Crippen LogP contribution in [0.4, 0.5) is 11.6 Å². The number of benzene rings is 1. The molecular formula is C20H20N6O2. The fraction of sp³-hybridized carbons (Fsp3) is 0.200. The second kappa shape index (κ2) is 8.01. The minimum Gasteiger partial charge on any atom is -0.491 e. The molecule has 0 atom stereocenters. The van der Waals surface area contributed by atoms with E-state index in [0.29, 0.717) is 19.2 Å². The molecule has 0 aliphatic heterocycles. The number of rotatable bonds is 7. The molecule has 0 bridgehead atoms. The van der Waals surface area contributed by atoms with E-state index >= 15 is 0 Å². The monoisotopic (exact) mass is 376 g/mol. The summed E-state index contributed by atoms with van der Waals surface area (Å²) in [5.41, 5.74) is 3.34. The van der Waals surface area contributed by atoms with Gasteiger partial charge in [-0.05, 0) is 36.4 Å². The first-order valence-electron chi connectivity index (χ1n) is 8.83. The smallest absolute Gasteiger partial charge is 0.229 e. The van der Waals surface area contributed by atoms with Gasteiger partial charge in [0.05, 0.1) is 12.8 Å². The third-order valence-corrected chi connectivity index (χ3v) is 4.22. The summed E-state index contributed by atoms with van der Waals surface area (Å²) in [4.78, 5) is 17.7. The highest BCUT2D eigenvalue weighted by atomic mass is 16.5. The summed E-state index contributed by atoms with van der Waals surface area (Å²) >= 11 is 0. The maximum atomic E-state index is 5.57. The van der Waals surface area contributed by atoms with Crippen LogP contribution < -0.4 is 10.1 Å². The molecule has 0 radical (unpaired) electrons. The van der Waals surface area contributed by atoms with Crippen LogP contribution in [0.15, 0.2) is 55.0 Å². The van der Waals surface area contributed by atoms with E-state index in [4.69, 9.17) is 9.47 Å². The maximum absolute atomic E-state index is 5.57. The minimum atomic E-state index is 0.504. The van der Waals surface area contributed by atoms with Crippen LogP contribution in [0.2, 0.25) is 0 Å². The fourth-order valence-electron chi connectivity index (χ4n) is 2.81. The molecule has 28 heavy (non-hydrogen) atoms. The number of pyridine rings is 1. The number of aromatic nitrogens is 5. The van der Waals surface area contributed by atoms with Gasteiger partial charge in [-0.3, -0.25) is 4.98 Å². The van der Waals surface area contributed by atoms with E-state index in [-0.39, 0.29) is 0 Å². The Balaban J connectivity index is 1.54. The van der Waals surface area contributed by atoms with Crippen molar-refractivity contribution in [3.8, 4) is 17.1 Å². The zero-order valence-electron chi connectivity index (χ0n) is 15.7. The quantitative estimate of drug-likeness (QED) is 0.496. The van der Waals surface area contributed by atoms with Crippen LogP contribution in [0, 0.1) is 0 Å². The molecule has 0 spiro atoms. The lowest BCUT2D eigenvalue weighted by atomic mass is 10.2. The summed E-state index contributed by atoms with van der Waals surface area (Å²) < 4.78 is 12.5. The average Bonchev–Trinajstić information content (AvgIpc) is 3.06. The van der Waals surface area contributed by atoms with Gasteiger partial charge in [-0.25, -0.2) is 9.97 Å². The molecule has 0 saturated heterocycles. The first-order chi connectivity index (χ1) is 13.7. The van der Waals surface area contributed by atoms with Crippen LogP contribution in [0.25, 0.3) is 22.6 Å². The number of anilines is 2. The van der Waals surface area contributed by atoms with Gasteiger partial charge in [-0.2, -0.15) is 4.98 Å². The molecule has 0 aliphatic carbocycles. The number of aryl methyl sites for hydroxylation is 1. The molecule has 4 rings (SSSR count). The molecule has 1 aromatic carbocycles. The molecule has 8 nitrogen and oxygen atoms in total. The van der Waals surface area contributed by atoms with Crippen molar-refractivity contribution in [1.82, 2.24) is 24.5 Å². The van der Waals surface area contributed by atoms with Crippen LogP contribution in [0.5, 0.6) is 5.75 Å². The number of ether oxygens (including phenoxy) is 2. The summed E-state index contributed by atoms with van der Waals surface area (Å²) in [6.45, 7) is 1.07. The summed E-state index contributed by atoms with van der Waals surface area (Å²) in [6.07, 6.45) is 5.21. The van der Waals surface area contributed by atoms with E-state index in [9.17, 15) is 0 Å².